The number of likely N-dealkylation sites (tertiary alicyclic amines) is 1. The number of hydrogen-bond donors (Lipinski definition) is 2. The summed E-state index contributed by atoms with van der Waals surface area (Å²) >= 11 is 0. The Kier molecular flexibility index (Phi) is 4.73. The van der Waals surface area contributed by atoms with E-state index in [0.717, 1.165) is 12.8 Å². The van der Waals surface area contributed by atoms with Gasteiger partial charge in [-0.2, -0.15) is 0 Å². The molecule has 0 saturated carbocycles. The summed E-state index contributed by atoms with van der Waals surface area (Å²) in [5, 5.41) is 11.8. The summed E-state index contributed by atoms with van der Waals surface area (Å²) in [6.45, 7) is 4.89. The molecule has 1 aliphatic heterocycles. The van der Waals surface area contributed by atoms with Crippen molar-refractivity contribution >= 4 is 11.9 Å². The predicted octanol–water partition coefficient (Wildman–Crippen LogP) is 0.450. The number of carboxylic acids is 1. The van der Waals surface area contributed by atoms with Gasteiger partial charge in [0.25, 0.3) is 0 Å². The summed E-state index contributed by atoms with van der Waals surface area (Å²) in [4.78, 5) is 24.5. The Balaban J connectivity index is 2.67. The minimum absolute atomic E-state index is 0.0874. The fraction of sp³-hybridized carbons (Fsp3) is 0.818. The number of nitrogens with zero attached hydrogens (tertiary/aromatic N) is 1. The minimum atomic E-state index is -0.823. The van der Waals surface area contributed by atoms with Crippen LogP contribution in [0.4, 0.5) is 0 Å². The number of likely N-dealkylation sites (N-methyl/N-ethyl adjacent to an activating group) is 1. The van der Waals surface area contributed by atoms with Crippen molar-refractivity contribution in [2.45, 2.75) is 45.2 Å². The Morgan fingerprint density at radius 3 is 2.75 bits per heavy atom. The van der Waals surface area contributed by atoms with E-state index < -0.39 is 12.0 Å². The van der Waals surface area contributed by atoms with Crippen molar-refractivity contribution in [1.29, 1.82) is 0 Å². The van der Waals surface area contributed by atoms with Gasteiger partial charge in [-0.15, -0.1) is 0 Å². The lowest BCUT2D eigenvalue weighted by Gasteiger charge is -2.36. The second-order valence-corrected chi connectivity index (χ2v) is 4.16. The molecule has 0 radical (unpaired) electrons. The van der Waals surface area contributed by atoms with E-state index in [1.807, 2.05) is 6.92 Å². The molecule has 1 heterocycles. The van der Waals surface area contributed by atoms with Crippen molar-refractivity contribution in [2.75, 3.05) is 13.1 Å². The maximum atomic E-state index is 11.7. The second-order valence-electron chi connectivity index (χ2n) is 4.16. The van der Waals surface area contributed by atoms with Gasteiger partial charge in [0.2, 0.25) is 5.91 Å². The molecule has 1 fully saturated rings. The van der Waals surface area contributed by atoms with Crippen molar-refractivity contribution in [1.82, 2.24) is 10.2 Å². The van der Waals surface area contributed by atoms with Crippen LogP contribution in [0.5, 0.6) is 0 Å². The lowest BCUT2D eigenvalue weighted by atomic mass is 10.00. The molecule has 2 atom stereocenters. The van der Waals surface area contributed by atoms with Crippen LogP contribution in [0.25, 0.3) is 0 Å². The van der Waals surface area contributed by atoms with Crippen LogP contribution in [-0.4, -0.2) is 47.1 Å². The molecular weight excluding hydrogens is 208 g/mol. The zero-order valence-corrected chi connectivity index (χ0v) is 9.90. The molecule has 0 aromatic rings. The monoisotopic (exact) mass is 228 g/mol. The highest BCUT2D eigenvalue weighted by atomic mass is 16.4. The van der Waals surface area contributed by atoms with E-state index in [0.29, 0.717) is 19.5 Å². The van der Waals surface area contributed by atoms with Crippen molar-refractivity contribution < 1.29 is 14.7 Å². The first kappa shape index (κ1) is 13.0. The van der Waals surface area contributed by atoms with Crippen LogP contribution in [0.1, 0.15) is 33.1 Å². The summed E-state index contributed by atoms with van der Waals surface area (Å²) in [5.41, 5.74) is 0. The molecule has 5 heteroatoms. The number of carbonyl (C=O) groups excluding carboxylic acids is 1. The predicted molar refractivity (Wildman–Crippen MR) is 60.1 cm³/mol. The number of rotatable bonds is 4. The Morgan fingerprint density at radius 2 is 2.19 bits per heavy atom. The molecule has 5 nitrogen and oxygen atoms in total. The smallest absolute Gasteiger partial charge is 0.320 e. The van der Waals surface area contributed by atoms with Crippen molar-refractivity contribution in [3.63, 3.8) is 0 Å². The normalized spacial score (nSPS) is 23.8. The maximum Gasteiger partial charge on any atom is 0.320 e. The van der Waals surface area contributed by atoms with Crippen molar-refractivity contribution in [2.24, 2.45) is 0 Å². The van der Waals surface area contributed by atoms with Crippen LogP contribution >= 0.6 is 0 Å². The average molecular weight is 228 g/mol. The number of carbonyl (C=O) groups is 2. The van der Waals surface area contributed by atoms with Gasteiger partial charge >= 0.3 is 5.97 Å². The zero-order chi connectivity index (χ0) is 12.1. The zero-order valence-electron chi connectivity index (χ0n) is 9.90. The van der Waals surface area contributed by atoms with Gasteiger partial charge in [0.1, 0.15) is 6.04 Å². The molecule has 2 unspecified atom stereocenters. The van der Waals surface area contributed by atoms with Crippen LogP contribution < -0.4 is 5.32 Å². The van der Waals surface area contributed by atoms with Crippen molar-refractivity contribution in [3.05, 3.63) is 0 Å². The maximum absolute atomic E-state index is 11.7. The molecule has 0 spiro atoms. The van der Waals surface area contributed by atoms with Gasteiger partial charge in [0.15, 0.2) is 0 Å². The number of hydrogen-bond acceptors (Lipinski definition) is 3. The van der Waals surface area contributed by atoms with E-state index in [4.69, 9.17) is 5.11 Å². The summed E-state index contributed by atoms with van der Waals surface area (Å²) in [6.07, 6.45) is 2.53. The number of amides is 1. The summed E-state index contributed by atoms with van der Waals surface area (Å²) < 4.78 is 0. The summed E-state index contributed by atoms with van der Waals surface area (Å²) in [5.74, 6) is -0.911. The largest absolute Gasteiger partial charge is 0.480 e. The highest BCUT2D eigenvalue weighted by Crippen LogP contribution is 2.19. The Labute approximate surface area is 95.8 Å². The number of aliphatic carboxylic acids is 1. The molecule has 1 aliphatic rings. The molecule has 92 valence electrons. The van der Waals surface area contributed by atoms with Gasteiger partial charge in [-0.3, -0.25) is 14.5 Å². The molecule has 16 heavy (non-hydrogen) atoms. The van der Waals surface area contributed by atoms with Gasteiger partial charge < -0.3 is 10.4 Å². The highest BCUT2D eigenvalue weighted by molar-refractivity contribution is 5.82. The first-order valence-electron chi connectivity index (χ1n) is 5.84. The Bertz CT molecular complexity index is 268. The third-order valence-corrected chi connectivity index (χ3v) is 3.06. The molecular formula is C11H20N2O3. The SMILES string of the molecule is CCNC(=O)C(C)N1CCCCC1C(=O)O. The van der Waals surface area contributed by atoms with Gasteiger partial charge in [-0.25, -0.2) is 0 Å². The van der Waals surface area contributed by atoms with E-state index in [1.54, 1.807) is 11.8 Å². The van der Waals surface area contributed by atoms with Crippen molar-refractivity contribution in [3.8, 4) is 0 Å². The Hall–Kier alpha value is -1.10. The van der Waals surface area contributed by atoms with E-state index in [-0.39, 0.29) is 11.9 Å². The molecule has 1 saturated heterocycles. The Morgan fingerprint density at radius 1 is 1.50 bits per heavy atom. The first-order valence-corrected chi connectivity index (χ1v) is 5.84. The van der Waals surface area contributed by atoms with E-state index in [1.165, 1.54) is 0 Å². The fourth-order valence-electron chi connectivity index (χ4n) is 2.16. The quantitative estimate of drug-likeness (QED) is 0.733. The van der Waals surface area contributed by atoms with Crippen LogP contribution in [-0.2, 0) is 9.59 Å². The van der Waals surface area contributed by atoms with Crippen LogP contribution in [0, 0.1) is 0 Å². The molecule has 0 aromatic carbocycles. The van der Waals surface area contributed by atoms with Crippen LogP contribution in [0.3, 0.4) is 0 Å². The molecule has 1 amide bonds. The van der Waals surface area contributed by atoms with Gasteiger partial charge in [0.05, 0.1) is 6.04 Å². The molecule has 2 N–H and O–H groups in total. The van der Waals surface area contributed by atoms with E-state index in [9.17, 15) is 9.59 Å². The minimum Gasteiger partial charge on any atom is -0.480 e. The standard InChI is InChI=1S/C11H20N2O3/c1-3-12-10(14)8(2)13-7-5-4-6-9(13)11(15)16/h8-9H,3-7H2,1-2H3,(H,12,14)(H,15,16). The molecule has 0 aromatic heterocycles. The molecule has 0 bridgehead atoms. The fourth-order valence-corrected chi connectivity index (χ4v) is 2.16. The second kappa shape index (κ2) is 5.84. The first-order chi connectivity index (χ1) is 7.57. The van der Waals surface area contributed by atoms with Gasteiger partial charge in [-0.1, -0.05) is 6.42 Å². The van der Waals surface area contributed by atoms with E-state index in [2.05, 4.69) is 5.32 Å². The summed E-state index contributed by atoms with van der Waals surface area (Å²) in [6, 6.07) is -0.868. The lowest BCUT2D eigenvalue weighted by Crippen LogP contribution is -2.54. The van der Waals surface area contributed by atoms with Crippen LogP contribution in [0.2, 0.25) is 0 Å². The third kappa shape index (κ3) is 2.95. The van der Waals surface area contributed by atoms with Crippen LogP contribution in [0.15, 0.2) is 0 Å². The molecule has 0 aliphatic carbocycles. The van der Waals surface area contributed by atoms with Gasteiger partial charge in [0, 0.05) is 6.54 Å². The number of carboxylic acid groups (broad SMARTS) is 1. The third-order valence-electron chi connectivity index (χ3n) is 3.06. The summed E-state index contributed by atoms with van der Waals surface area (Å²) in [7, 11) is 0. The number of nitrogens with one attached hydrogen (secondary N) is 1. The number of piperidine rings is 1. The molecule has 1 rings (SSSR count). The van der Waals surface area contributed by atoms with E-state index >= 15 is 0 Å². The highest BCUT2D eigenvalue weighted by Gasteiger charge is 2.34. The average Bonchev–Trinajstić information content (AvgIpc) is 2.28. The lowest BCUT2D eigenvalue weighted by molar-refractivity contribution is -0.147. The topological polar surface area (TPSA) is 69.6 Å². The van der Waals surface area contributed by atoms with Gasteiger partial charge in [-0.05, 0) is 33.2 Å².